The second kappa shape index (κ2) is 7.48. The number of hydrogen-bond acceptors (Lipinski definition) is 6. The molecule has 1 aromatic heterocycles. The fourth-order valence-electron chi connectivity index (χ4n) is 3.40. The Hall–Kier alpha value is -2.67. The number of likely N-dealkylation sites (tertiary alicyclic amines) is 1. The first-order valence-electron chi connectivity index (χ1n) is 8.28. The predicted molar refractivity (Wildman–Crippen MR) is 92.6 cm³/mol. The second-order valence-corrected chi connectivity index (χ2v) is 6.19. The van der Waals surface area contributed by atoms with E-state index in [1.54, 1.807) is 12.3 Å². The zero-order valence-corrected chi connectivity index (χ0v) is 14.1. The minimum absolute atomic E-state index is 0.124. The number of aromatic nitrogens is 1. The SMILES string of the molecule is COc1cc(CN2CCCCC2c2cccnc2)cc([N+](=O)[O-])c1O. The predicted octanol–water partition coefficient (Wildman–Crippen LogP) is 3.43. The number of aromatic hydroxyl groups is 1. The summed E-state index contributed by atoms with van der Waals surface area (Å²) in [6.45, 7) is 1.47. The maximum atomic E-state index is 11.2. The summed E-state index contributed by atoms with van der Waals surface area (Å²) in [6, 6.07) is 7.32. The third-order valence-corrected chi connectivity index (χ3v) is 4.60. The number of piperidine rings is 1. The van der Waals surface area contributed by atoms with Gasteiger partial charge in [0.1, 0.15) is 0 Å². The number of hydrogen-bond donors (Lipinski definition) is 1. The topological polar surface area (TPSA) is 88.7 Å². The molecule has 1 unspecified atom stereocenters. The molecule has 0 radical (unpaired) electrons. The second-order valence-electron chi connectivity index (χ2n) is 6.19. The van der Waals surface area contributed by atoms with E-state index in [1.807, 2.05) is 12.3 Å². The van der Waals surface area contributed by atoms with E-state index in [1.165, 1.54) is 13.2 Å². The highest BCUT2D eigenvalue weighted by Gasteiger charge is 2.26. The van der Waals surface area contributed by atoms with Crippen molar-refractivity contribution < 1.29 is 14.8 Å². The Morgan fingerprint density at radius 1 is 1.44 bits per heavy atom. The molecular formula is C18H21N3O4. The average Bonchev–Trinajstić information content (AvgIpc) is 2.64. The normalized spacial score (nSPS) is 18.0. The van der Waals surface area contributed by atoms with E-state index < -0.39 is 10.7 Å². The van der Waals surface area contributed by atoms with Crippen LogP contribution in [0.5, 0.6) is 11.5 Å². The van der Waals surface area contributed by atoms with Gasteiger partial charge in [-0.1, -0.05) is 12.5 Å². The van der Waals surface area contributed by atoms with Crippen LogP contribution in [0.4, 0.5) is 5.69 Å². The van der Waals surface area contributed by atoms with Gasteiger partial charge < -0.3 is 9.84 Å². The molecule has 7 heteroatoms. The number of rotatable bonds is 5. The Morgan fingerprint density at radius 3 is 2.96 bits per heavy atom. The van der Waals surface area contributed by atoms with Crippen LogP contribution >= 0.6 is 0 Å². The van der Waals surface area contributed by atoms with E-state index in [2.05, 4.69) is 16.0 Å². The molecule has 2 heterocycles. The summed E-state index contributed by atoms with van der Waals surface area (Å²) in [5.74, 6) is -0.308. The Kier molecular flexibility index (Phi) is 5.14. The van der Waals surface area contributed by atoms with E-state index in [0.29, 0.717) is 6.54 Å². The molecule has 1 aliphatic rings. The molecule has 3 rings (SSSR count). The van der Waals surface area contributed by atoms with Crippen LogP contribution in [0.1, 0.15) is 36.4 Å². The van der Waals surface area contributed by atoms with Crippen molar-refractivity contribution in [2.24, 2.45) is 0 Å². The molecule has 1 fully saturated rings. The zero-order chi connectivity index (χ0) is 17.8. The highest BCUT2D eigenvalue weighted by atomic mass is 16.6. The van der Waals surface area contributed by atoms with Gasteiger partial charge in [-0.2, -0.15) is 0 Å². The minimum Gasteiger partial charge on any atom is -0.500 e. The lowest BCUT2D eigenvalue weighted by Crippen LogP contribution is -2.33. The Bertz CT molecular complexity index is 751. The van der Waals surface area contributed by atoms with E-state index in [9.17, 15) is 15.2 Å². The van der Waals surface area contributed by atoms with Gasteiger partial charge >= 0.3 is 5.69 Å². The van der Waals surface area contributed by atoms with Crippen molar-refractivity contribution in [3.05, 3.63) is 57.9 Å². The van der Waals surface area contributed by atoms with E-state index in [0.717, 1.165) is 36.9 Å². The number of nitrogens with zero attached hydrogens (tertiary/aromatic N) is 3. The molecule has 0 bridgehead atoms. The molecule has 1 saturated heterocycles. The minimum atomic E-state index is -0.587. The number of phenols is 1. The number of ether oxygens (including phenoxy) is 1. The monoisotopic (exact) mass is 343 g/mol. The van der Waals surface area contributed by atoms with Crippen molar-refractivity contribution in [1.29, 1.82) is 0 Å². The van der Waals surface area contributed by atoms with Crippen LogP contribution in [0.3, 0.4) is 0 Å². The van der Waals surface area contributed by atoms with Crippen molar-refractivity contribution >= 4 is 5.69 Å². The fourth-order valence-corrected chi connectivity index (χ4v) is 3.40. The van der Waals surface area contributed by atoms with Crippen molar-refractivity contribution in [3.63, 3.8) is 0 Å². The van der Waals surface area contributed by atoms with Crippen LogP contribution < -0.4 is 4.74 Å². The van der Waals surface area contributed by atoms with E-state index in [-0.39, 0.29) is 17.5 Å². The van der Waals surface area contributed by atoms with Crippen molar-refractivity contribution in [1.82, 2.24) is 9.88 Å². The van der Waals surface area contributed by atoms with E-state index in [4.69, 9.17) is 4.74 Å². The maximum Gasteiger partial charge on any atom is 0.314 e. The first kappa shape index (κ1) is 17.2. The molecule has 7 nitrogen and oxygen atoms in total. The molecule has 0 saturated carbocycles. The number of nitro groups is 1. The summed E-state index contributed by atoms with van der Waals surface area (Å²) in [4.78, 5) is 17.1. The van der Waals surface area contributed by atoms with Gasteiger partial charge in [-0.15, -0.1) is 0 Å². The molecule has 1 N–H and O–H groups in total. The third-order valence-electron chi connectivity index (χ3n) is 4.60. The summed E-state index contributed by atoms with van der Waals surface area (Å²) < 4.78 is 5.09. The molecular weight excluding hydrogens is 322 g/mol. The zero-order valence-electron chi connectivity index (χ0n) is 14.1. The molecule has 0 aliphatic carbocycles. The quantitative estimate of drug-likeness (QED) is 0.661. The van der Waals surface area contributed by atoms with Gasteiger partial charge in [-0.3, -0.25) is 20.0 Å². The summed E-state index contributed by atoms with van der Waals surface area (Å²) in [5.41, 5.74) is 1.57. The number of nitro benzene ring substituents is 1. The van der Waals surface area contributed by atoms with E-state index >= 15 is 0 Å². The van der Waals surface area contributed by atoms with Gasteiger partial charge in [-0.05, 0) is 42.6 Å². The lowest BCUT2D eigenvalue weighted by molar-refractivity contribution is -0.386. The Morgan fingerprint density at radius 2 is 2.28 bits per heavy atom. The Labute approximate surface area is 146 Å². The lowest BCUT2D eigenvalue weighted by atomic mass is 9.95. The highest BCUT2D eigenvalue weighted by molar-refractivity contribution is 5.57. The summed E-state index contributed by atoms with van der Waals surface area (Å²) in [6.07, 6.45) is 6.90. The summed E-state index contributed by atoms with van der Waals surface area (Å²) in [5, 5.41) is 21.1. The smallest absolute Gasteiger partial charge is 0.314 e. The van der Waals surface area contributed by atoms with Crippen LogP contribution in [0.15, 0.2) is 36.7 Å². The van der Waals surface area contributed by atoms with Crippen LogP contribution in [0, 0.1) is 10.1 Å². The molecule has 132 valence electrons. The maximum absolute atomic E-state index is 11.2. The highest BCUT2D eigenvalue weighted by Crippen LogP contribution is 2.38. The van der Waals surface area contributed by atoms with Gasteiger partial charge in [0.15, 0.2) is 5.75 Å². The number of pyridine rings is 1. The molecule has 0 spiro atoms. The Balaban J connectivity index is 1.89. The average molecular weight is 343 g/mol. The van der Waals surface area contributed by atoms with Crippen LogP contribution in [-0.4, -0.2) is 33.6 Å². The number of methoxy groups -OCH3 is 1. The van der Waals surface area contributed by atoms with Crippen LogP contribution in [0.25, 0.3) is 0 Å². The van der Waals surface area contributed by atoms with Gasteiger partial charge in [-0.25, -0.2) is 0 Å². The van der Waals surface area contributed by atoms with Gasteiger partial charge in [0.05, 0.1) is 12.0 Å². The molecule has 1 atom stereocenters. The lowest BCUT2D eigenvalue weighted by Gasteiger charge is -2.36. The summed E-state index contributed by atoms with van der Waals surface area (Å²) >= 11 is 0. The van der Waals surface area contributed by atoms with Crippen LogP contribution in [-0.2, 0) is 6.54 Å². The largest absolute Gasteiger partial charge is 0.500 e. The summed E-state index contributed by atoms with van der Waals surface area (Å²) in [7, 11) is 1.39. The van der Waals surface area contributed by atoms with Gasteiger partial charge in [0.2, 0.25) is 5.75 Å². The number of benzene rings is 1. The number of phenolic OH excluding ortho intramolecular Hbond substituents is 1. The first-order chi connectivity index (χ1) is 12.1. The van der Waals surface area contributed by atoms with Gasteiger partial charge in [0.25, 0.3) is 0 Å². The molecule has 1 aromatic carbocycles. The van der Waals surface area contributed by atoms with Crippen LogP contribution in [0.2, 0.25) is 0 Å². The standard InChI is InChI=1S/C18H21N3O4/c1-25-17-10-13(9-16(18(17)22)21(23)24)12-20-8-3-2-6-15(20)14-5-4-7-19-11-14/h4-5,7,9-11,15,22H,2-3,6,8,12H2,1H3. The van der Waals surface area contributed by atoms with Crippen molar-refractivity contribution in [3.8, 4) is 11.5 Å². The first-order valence-corrected chi connectivity index (χ1v) is 8.28. The third kappa shape index (κ3) is 3.71. The van der Waals surface area contributed by atoms with Crippen molar-refractivity contribution in [2.75, 3.05) is 13.7 Å². The van der Waals surface area contributed by atoms with Crippen molar-refractivity contribution in [2.45, 2.75) is 31.8 Å². The molecule has 1 aliphatic heterocycles. The van der Waals surface area contributed by atoms with Gasteiger partial charge in [0, 0.05) is 31.0 Å². The molecule has 2 aromatic rings. The molecule has 0 amide bonds. The fraction of sp³-hybridized carbons (Fsp3) is 0.389. The molecule has 25 heavy (non-hydrogen) atoms.